The van der Waals surface area contributed by atoms with Crippen molar-refractivity contribution in [3.05, 3.63) is 42.0 Å². The van der Waals surface area contributed by atoms with Gasteiger partial charge in [-0.05, 0) is 49.2 Å². The third-order valence-electron chi connectivity index (χ3n) is 3.54. The van der Waals surface area contributed by atoms with E-state index in [2.05, 4.69) is 5.32 Å². The topological polar surface area (TPSA) is 84.9 Å². The minimum atomic E-state index is -1.11. The van der Waals surface area contributed by atoms with E-state index in [0.717, 1.165) is 22.1 Å². The number of rotatable bonds is 5. The Morgan fingerprint density at radius 2 is 1.76 bits per heavy atom. The van der Waals surface area contributed by atoms with Crippen LogP contribution in [0.4, 0.5) is 4.79 Å². The first-order valence-electron chi connectivity index (χ1n) is 7.97. The van der Waals surface area contributed by atoms with Crippen LogP contribution in [0.25, 0.3) is 10.8 Å². The van der Waals surface area contributed by atoms with Crippen LogP contribution in [0.15, 0.2) is 36.4 Å². The van der Waals surface area contributed by atoms with Gasteiger partial charge >= 0.3 is 12.1 Å². The van der Waals surface area contributed by atoms with E-state index in [-0.39, 0.29) is 6.42 Å². The lowest BCUT2D eigenvalue weighted by molar-refractivity contribution is -0.139. The molecule has 1 unspecified atom stereocenters. The summed E-state index contributed by atoms with van der Waals surface area (Å²) >= 11 is 0. The highest BCUT2D eigenvalue weighted by Crippen LogP contribution is 2.22. The Hall–Kier alpha value is -2.76. The summed E-state index contributed by atoms with van der Waals surface area (Å²) in [6, 6.07) is 10.3. The van der Waals surface area contributed by atoms with E-state index in [1.165, 1.54) is 0 Å². The zero-order valence-electron chi connectivity index (χ0n) is 14.8. The molecule has 0 spiro atoms. The molecule has 1 atom stereocenters. The number of carbonyl (C=O) groups excluding carboxylic acids is 1. The van der Waals surface area contributed by atoms with Crippen LogP contribution >= 0.6 is 0 Å². The number of carboxylic acids is 1. The molecule has 2 rings (SSSR count). The maximum atomic E-state index is 11.8. The van der Waals surface area contributed by atoms with Crippen molar-refractivity contribution in [3.63, 3.8) is 0 Å². The lowest BCUT2D eigenvalue weighted by Crippen LogP contribution is -2.44. The Balaban J connectivity index is 2.15. The molecule has 0 aliphatic heterocycles. The van der Waals surface area contributed by atoms with Gasteiger partial charge in [-0.1, -0.05) is 24.3 Å². The standard InChI is InChI=1S/C19H23NO5/c1-19(2,3)25-18(23)20-16(17(21)22)10-12-5-6-14-11-15(24-4)8-7-13(14)9-12/h5-9,11,16H,10H2,1-4H3,(H,20,23)(H,21,22). The minimum absolute atomic E-state index is 0.163. The molecule has 0 fully saturated rings. The van der Waals surface area contributed by atoms with Crippen molar-refractivity contribution in [2.24, 2.45) is 0 Å². The Kier molecular flexibility index (Phi) is 5.51. The number of nitrogens with one attached hydrogen (secondary N) is 1. The molecule has 6 nitrogen and oxygen atoms in total. The molecule has 0 saturated carbocycles. The van der Waals surface area contributed by atoms with Crippen molar-refractivity contribution in [2.45, 2.75) is 38.8 Å². The van der Waals surface area contributed by atoms with E-state index >= 15 is 0 Å². The first-order valence-corrected chi connectivity index (χ1v) is 7.97. The van der Waals surface area contributed by atoms with Crippen LogP contribution in [0.1, 0.15) is 26.3 Å². The Bertz CT molecular complexity index is 779. The number of aliphatic carboxylic acids is 1. The first kappa shape index (κ1) is 18.6. The second kappa shape index (κ2) is 7.42. The van der Waals surface area contributed by atoms with Crippen LogP contribution in [0.2, 0.25) is 0 Å². The van der Waals surface area contributed by atoms with Gasteiger partial charge in [0.1, 0.15) is 17.4 Å². The molecule has 0 bridgehead atoms. The van der Waals surface area contributed by atoms with E-state index in [1.807, 2.05) is 36.4 Å². The van der Waals surface area contributed by atoms with E-state index in [1.54, 1.807) is 27.9 Å². The second-order valence-electron chi connectivity index (χ2n) is 6.79. The van der Waals surface area contributed by atoms with Gasteiger partial charge in [-0.25, -0.2) is 9.59 Å². The van der Waals surface area contributed by atoms with Gasteiger partial charge in [0.2, 0.25) is 0 Å². The Morgan fingerprint density at radius 3 is 2.36 bits per heavy atom. The number of hydrogen-bond acceptors (Lipinski definition) is 4. The fraction of sp³-hybridized carbons (Fsp3) is 0.368. The monoisotopic (exact) mass is 345 g/mol. The first-order chi connectivity index (χ1) is 11.7. The van der Waals surface area contributed by atoms with Crippen LogP contribution in [0, 0.1) is 0 Å². The van der Waals surface area contributed by atoms with Gasteiger partial charge < -0.3 is 19.9 Å². The molecule has 0 aliphatic rings. The number of benzene rings is 2. The van der Waals surface area contributed by atoms with E-state index < -0.39 is 23.7 Å². The molecule has 0 saturated heterocycles. The lowest BCUT2D eigenvalue weighted by Gasteiger charge is -2.22. The normalized spacial score (nSPS) is 12.5. The SMILES string of the molecule is COc1ccc2cc(CC(NC(=O)OC(C)(C)C)C(=O)O)ccc2c1. The van der Waals surface area contributed by atoms with Crippen molar-refractivity contribution < 1.29 is 24.2 Å². The van der Waals surface area contributed by atoms with Gasteiger partial charge in [0.25, 0.3) is 0 Å². The van der Waals surface area contributed by atoms with Gasteiger partial charge in [-0.2, -0.15) is 0 Å². The summed E-state index contributed by atoms with van der Waals surface area (Å²) in [7, 11) is 1.61. The minimum Gasteiger partial charge on any atom is -0.497 e. The van der Waals surface area contributed by atoms with Gasteiger partial charge in [0.15, 0.2) is 0 Å². The van der Waals surface area contributed by atoms with Crippen LogP contribution in [0.3, 0.4) is 0 Å². The van der Waals surface area contributed by atoms with Crippen LogP contribution in [0.5, 0.6) is 5.75 Å². The predicted molar refractivity (Wildman–Crippen MR) is 95.0 cm³/mol. The maximum absolute atomic E-state index is 11.8. The number of hydrogen-bond donors (Lipinski definition) is 2. The number of amides is 1. The number of methoxy groups -OCH3 is 1. The molecular weight excluding hydrogens is 322 g/mol. The molecular formula is C19H23NO5. The van der Waals surface area contributed by atoms with E-state index in [0.29, 0.717) is 0 Å². The summed E-state index contributed by atoms with van der Waals surface area (Å²) in [4.78, 5) is 23.3. The largest absolute Gasteiger partial charge is 0.497 e. The smallest absolute Gasteiger partial charge is 0.408 e. The zero-order chi connectivity index (χ0) is 18.6. The number of ether oxygens (including phenoxy) is 2. The van der Waals surface area contributed by atoms with Crippen molar-refractivity contribution >= 4 is 22.8 Å². The van der Waals surface area contributed by atoms with Crippen LogP contribution in [-0.2, 0) is 16.0 Å². The van der Waals surface area contributed by atoms with E-state index in [4.69, 9.17) is 9.47 Å². The van der Waals surface area contributed by atoms with Crippen LogP contribution in [-0.4, -0.2) is 35.9 Å². The average molecular weight is 345 g/mol. The van der Waals surface area contributed by atoms with Gasteiger partial charge in [-0.3, -0.25) is 0 Å². The highest BCUT2D eigenvalue weighted by atomic mass is 16.6. The third kappa shape index (κ3) is 5.38. The van der Waals surface area contributed by atoms with E-state index in [9.17, 15) is 14.7 Å². The Labute approximate surface area is 146 Å². The fourth-order valence-electron chi connectivity index (χ4n) is 2.41. The fourth-order valence-corrected chi connectivity index (χ4v) is 2.41. The van der Waals surface area contributed by atoms with Gasteiger partial charge in [0, 0.05) is 6.42 Å². The molecule has 0 heterocycles. The zero-order valence-corrected chi connectivity index (χ0v) is 14.8. The molecule has 134 valence electrons. The van der Waals surface area contributed by atoms with Gasteiger partial charge in [-0.15, -0.1) is 0 Å². The Morgan fingerprint density at radius 1 is 1.12 bits per heavy atom. The summed E-state index contributed by atoms with van der Waals surface area (Å²) in [6.07, 6.45) is -0.582. The van der Waals surface area contributed by atoms with Crippen molar-refractivity contribution in [1.82, 2.24) is 5.32 Å². The summed E-state index contributed by atoms with van der Waals surface area (Å²) in [5, 5.41) is 13.8. The van der Waals surface area contributed by atoms with Crippen molar-refractivity contribution in [1.29, 1.82) is 0 Å². The highest BCUT2D eigenvalue weighted by Gasteiger charge is 2.24. The molecule has 0 aliphatic carbocycles. The average Bonchev–Trinajstić information content (AvgIpc) is 2.51. The molecule has 1 amide bonds. The number of carbonyl (C=O) groups is 2. The van der Waals surface area contributed by atoms with Gasteiger partial charge in [0.05, 0.1) is 7.11 Å². The molecule has 2 aromatic rings. The number of carboxylic acid groups (broad SMARTS) is 1. The number of fused-ring (bicyclic) bond motifs is 1. The lowest BCUT2D eigenvalue weighted by atomic mass is 10.0. The maximum Gasteiger partial charge on any atom is 0.408 e. The van der Waals surface area contributed by atoms with Crippen molar-refractivity contribution in [3.8, 4) is 5.75 Å². The summed E-state index contributed by atoms with van der Waals surface area (Å²) in [5.41, 5.74) is 0.121. The molecule has 2 N–H and O–H groups in total. The predicted octanol–water partition coefficient (Wildman–Crippen LogP) is 3.37. The quantitative estimate of drug-likeness (QED) is 0.868. The molecule has 25 heavy (non-hydrogen) atoms. The highest BCUT2D eigenvalue weighted by molar-refractivity contribution is 5.85. The van der Waals surface area contributed by atoms with Crippen molar-refractivity contribution in [2.75, 3.05) is 7.11 Å². The number of alkyl carbamates (subject to hydrolysis) is 1. The molecule has 2 aromatic carbocycles. The summed E-state index contributed by atoms with van der Waals surface area (Å²) in [6.45, 7) is 5.17. The molecule has 6 heteroatoms. The summed E-state index contributed by atoms with van der Waals surface area (Å²) < 4.78 is 10.3. The van der Waals surface area contributed by atoms with Crippen LogP contribution < -0.4 is 10.1 Å². The second-order valence-corrected chi connectivity index (χ2v) is 6.79. The molecule has 0 radical (unpaired) electrons. The third-order valence-corrected chi connectivity index (χ3v) is 3.54. The molecule has 0 aromatic heterocycles. The summed E-state index contributed by atoms with van der Waals surface area (Å²) in [5.74, 6) is -0.351.